The Balaban J connectivity index is 2.40. The number of halogens is 3. The van der Waals surface area contributed by atoms with E-state index < -0.39 is 17.3 Å². The number of alkyl halides is 3. The zero-order valence-electron chi connectivity index (χ0n) is 14.6. The molecule has 1 aromatic rings. The van der Waals surface area contributed by atoms with Crippen LogP contribution < -0.4 is 15.0 Å². The number of ether oxygens (including phenoxy) is 1. The summed E-state index contributed by atoms with van der Waals surface area (Å²) in [6, 6.07) is 2.23. The number of fused-ring (bicyclic) bond motifs is 1. The third-order valence-electron chi connectivity index (χ3n) is 4.01. The fourth-order valence-electron chi connectivity index (χ4n) is 2.68. The average molecular weight is 358 g/mol. The van der Waals surface area contributed by atoms with Crippen molar-refractivity contribution < 1.29 is 27.5 Å². The van der Waals surface area contributed by atoms with Gasteiger partial charge in [0.25, 0.3) is 5.91 Å². The molecule has 0 saturated heterocycles. The lowest BCUT2D eigenvalue weighted by Gasteiger charge is -2.39. The molecular weight excluding hydrogens is 337 g/mol. The van der Waals surface area contributed by atoms with Gasteiger partial charge in [0.1, 0.15) is 5.75 Å². The van der Waals surface area contributed by atoms with Crippen molar-refractivity contribution in [3.05, 3.63) is 23.3 Å². The fraction of sp³-hybridized carbons (Fsp3) is 0.529. The molecule has 5 nitrogen and oxygen atoms in total. The van der Waals surface area contributed by atoms with Gasteiger partial charge in [0.15, 0.2) is 5.60 Å². The monoisotopic (exact) mass is 358 g/mol. The van der Waals surface area contributed by atoms with Gasteiger partial charge in [0.2, 0.25) is 5.91 Å². The summed E-state index contributed by atoms with van der Waals surface area (Å²) in [4.78, 5) is 25.3. The van der Waals surface area contributed by atoms with Crippen LogP contribution in [0.3, 0.4) is 0 Å². The number of aryl methyl sites for hydroxylation is 1. The number of nitrogens with zero attached hydrogens (tertiary/aromatic N) is 1. The molecule has 0 radical (unpaired) electrons. The molecule has 0 aromatic heterocycles. The second-order valence-corrected chi connectivity index (χ2v) is 6.41. The fourth-order valence-corrected chi connectivity index (χ4v) is 2.68. The topological polar surface area (TPSA) is 58.6 Å². The van der Waals surface area contributed by atoms with Gasteiger partial charge in [-0.2, -0.15) is 13.2 Å². The maximum absolute atomic E-state index is 13.1. The normalized spacial score (nSPS) is 16.3. The highest BCUT2D eigenvalue weighted by atomic mass is 19.4. The SMILES string of the molecule is CCC(=O)NCCN1C(=O)C(C)(C)Oc2cc(C(F)(F)F)c(C)cc21. The van der Waals surface area contributed by atoms with Crippen LogP contribution in [0.4, 0.5) is 18.9 Å². The molecule has 0 atom stereocenters. The number of anilines is 1. The molecule has 1 aliphatic rings. The van der Waals surface area contributed by atoms with Crippen LogP contribution in [0, 0.1) is 6.92 Å². The van der Waals surface area contributed by atoms with Gasteiger partial charge >= 0.3 is 6.18 Å². The van der Waals surface area contributed by atoms with E-state index in [-0.39, 0.29) is 41.9 Å². The average Bonchev–Trinajstić information content (AvgIpc) is 2.50. The Bertz CT molecular complexity index is 699. The lowest BCUT2D eigenvalue weighted by Crippen LogP contribution is -2.54. The van der Waals surface area contributed by atoms with E-state index in [2.05, 4.69) is 5.32 Å². The first-order valence-electron chi connectivity index (χ1n) is 7.97. The van der Waals surface area contributed by atoms with E-state index in [9.17, 15) is 22.8 Å². The van der Waals surface area contributed by atoms with Crippen LogP contribution in [-0.2, 0) is 15.8 Å². The third-order valence-corrected chi connectivity index (χ3v) is 4.01. The minimum Gasteiger partial charge on any atom is -0.476 e. The van der Waals surface area contributed by atoms with E-state index in [4.69, 9.17) is 4.74 Å². The number of nitrogens with one attached hydrogen (secondary N) is 1. The van der Waals surface area contributed by atoms with Crippen LogP contribution >= 0.6 is 0 Å². The minimum absolute atomic E-state index is 0.00402. The predicted octanol–water partition coefficient (Wildman–Crippen LogP) is 3.04. The largest absolute Gasteiger partial charge is 0.476 e. The molecule has 1 N–H and O–H groups in total. The Morgan fingerprint density at radius 3 is 2.52 bits per heavy atom. The summed E-state index contributed by atoms with van der Waals surface area (Å²) in [7, 11) is 0. The van der Waals surface area contributed by atoms with Crippen molar-refractivity contribution >= 4 is 17.5 Å². The predicted molar refractivity (Wildman–Crippen MR) is 86.5 cm³/mol. The van der Waals surface area contributed by atoms with Crippen LogP contribution in [0.25, 0.3) is 0 Å². The van der Waals surface area contributed by atoms with Crippen LogP contribution in [0.2, 0.25) is 0 Å². The Morgan fingerprint density at radius 2 is 1.96 bits per heavy atom. The van der Waals surface area contributed by atoms with Crippen molar-refractivity contribution in [2.75, 3.05) is 18.0 Å². The highest BCUT2D eigenvalue weighted by molar-refractivity contribution is 6.02. The quantitative estimate of drug-likeness (QED) is 0.900. The van der Waals surface area contributed by atoms with E-state index in [1.54, 1.807) is 6.92 Å². The van der Waals surface area contributed by atoms with Crippen molar-refractivity contribution in [3.8, 4) is 5.75 Å². The third kappa shape index (κ3) is 3.88. The Hall–Kier alpha value is -2.25. The van der Waals surface area contributed by atoms with Gasteiger partial charge in [-0.1, -0.05) is 6.92 Å². The van der Waals surface area contributed by atoms with Gasteiger partial charge in [-0.3, -0.25) is 9.59 Å². The molecule has 1 heterocycles. The molecule has 0 fully saturated rings. The van der Waals surface area contributed by atoms with E-state index in [0.717, 1.165) is 6.07 Å². The van der Waals surface area contributed by atoms with E-state index in [1.807, 2.05) is 0 Å². The van der Waals surface area contributed by atoms with E-state index in [1.165, 1.54) is 31.7 Å². The molecule has 0 saturated carbocycles. The van der Waals surface area contributed by atoms with Crippen molar-refractivity contribution in [2.45, 2.75) is 45.9 Å². The van der Waals surface area contributed by atoms with Crippen LogP contribution in [0.15, 0.2) is 12.1 Å². The Kier molecular flexibility index (Phi) is 5.02. The van der Waals surface area contributed by atoms with E-state index in [0.29, 0.717) is 6.42 Å². The molecule has 0 unspecified atom stereocenters. The van der Waals surface area contributed by atoms with Crippen molar-refractivity contribution in [2.24, 2.45) is 0 Å². The summed E-state index contributed by atoms with van der Waals surface area (Å²) >= 11 is 0. The highest BCUT2D eigenvalue weighted by Crippen LogP contribution is 2.43. The summed E-state index contributed by atoms with van der Waals surface area (Å²) < 4.78 is 44.9. The Morgan fingerprint density at radius 1 is 1.32 bits per heavy atom. The maximum atomic E-state index is 13.1. The molecule has 138 valence electrons. The standard InChI is InChI=1S/C17H21F3N2O3/c1-5-14(23)21-6-7-22-12-8-10(2)11(17(18,19)20)9-13(12)25-16(3,4)15(22)24/h8-9H,5-7H2,1-4H3,(H,21,23). The molecule has 0 aliphatic carbocycles. The molecule has 8 heteroatoms. The maximum Gasteiger partial charge on any atom is 0.416 e. The molecule has 1 aliphatic heterocycles. The second-order valence-electron chi connectivity index (χ2n) is 6.41. The van der Waals surface area contributed by atoms with Gasteiger partial charge in [0.05, 0.1) is 11.3 Å². The smallest absolute Gasteiger partial charge is 0.416 e. The summed E-state index contributed by atoms with van der Waals surface area (Å²) in [6.07, 6.45) is -4.19. The highest BCUT2D eigenvalue weighted by Gasteiger charge is 2.43. The Labute approximate surface area is 144 Å². The number of rotatable bonds is 4. The molecule has 0 bridgehead atoms. The second kappa shape index (κ2) is 6.57. The molecule has 25 heavy (non-hydrogen) atoms. The summed E-state index contributed by atoms with van der Waals surface area (Å²) in [5, 5.41) is 2.65. The van der Waals surface area contributed by atoms with Gasteiger partial charge in [-0.05, 0) is 38.5 Å². The van der Waals surface area contributed by atoms with Crippen LogP contribution in [0.5, 0.6) is 5.75 Å². The number of hydrogen-bond acceptors (Lipinski definition) is 3. The number of hydrogen-bond donors (Lipinski definition) is 1. The lowest BCUT2D eigenvalue weighted by atomic mass is 10.00. The first kappa shape index (κ1) is 19.1. The van der Waals surface area contributed by atoms with Crippen molar-refractivity contribution in [3.63, 3.8) is 0 Å². The zero-order valence-corrected chi connectivity index (χ0v) is 14.6. The van der Waals surface area contributed by atoms with Gasteiger partial charge in [0, 0.05) is 19.5 Å². The van der Waals surface area contributed by atoms with Crippen LogP contribution in [-0.4, -0.2) is 30.5 Å². The van der Waals surface area contributed by atoms with Gasteiger partial charge in [-0.15, -0.1) is 0 Å². The summed E-state index contributed by atoms with van der Waals surface area (Å²) in [6.45, 7) is 6.40. The first-order chi connectivity index (χ1) is 11.5. The van der Waals surface area contributed by atoms with Crippen LogP contribution in [0.1, 0.15) is 38.3 Å². The minimum atomic E-state index is -4.51. The lowest BCUT2D eigenvalue weighted by molar-refractivity contribution is -0.138. The molecule has 1 aromatic carbocycles. The number of carbonyl (C=O) groups is 2. The van der Waals surface area contributed by atoms with Crippen molar-refractivity contribution in [1.82, 2.24) is 5.32 Å². The van der Waals surface area contributed by atoms with Crippen molar-refractivity contribution in [1.29, 1.82) is 0 Å². The molecule has 2 amide bonds. The number of benzene rings is 1. The first-order valence-corrected chi connectivity index (χ1v) is 7.97. The zero-order chi connectivity index (χ0) is 19.0. The molecule has 0 spiro atoms. The summed E-state index contributed by atoms with van der Waals surface area (Å²) in [5.41, 5.74) is -1.80. The van der Waals surface area contributed by atoms with Gasteiger partial charge < -0.3 is 15.0 Å². The molecule has 2 rings (SSSR count). The van der Waals surface area contributed by atoms with Gasteiger partial charge in [-0.25, -0.2) is 0 Å². The number of carbonyl (C=O) groups excluding carboxylic acids is 2. The summed E-state index contributed by atoms with van der Waals surface area (Å²) in [5.74, 6) is -0.530. The number of amides is 2. The molecular formula is C17H21F3N2O3. The van der Waals surface area contributed by atoms with E-state index >= 15 is 0 Å².